The SMILES string of the molecule is CCNCC(CC1CCCc2c(OC)cccc21)c1cccs1.Cl. The molecule has 132 valence electrons. The van der Waals surface area contributed by atoms with E-state index < -0.39 is 0 Å². The fourth-order valence-electron chi connectivity index (χ4n) is 3.84. The molecule has 2 unspecified atom stereocenters. The Kier molecular flexibility index (Phi) is 7.60. The molecule has 0 saturated heterocycles. The molecule has 0 amide bonds. The third-order valence-corrected chi connectivity index (χ3v) is 6.00. The van der Waals surface area contributed by atoms with E-state index in [1.165, 1.54) is 35.3 Å². The maximum atomic E-state index is 5.59. The van der Waals surface area contributed by atoms with Crippen molar-refractivity contribution in [1.82, 2.24) is 5.32 Å². The van der Waals surface area contributed by atoms with Crippen LogP contribution in [0, 0.1) is 0 Å². The molecule has 1 N–H and O–H groups in total. The lowest BCUT2D eigenvalue weighted by Crippen LogP contribution is -2.23. The largest absolute Gasteiger partial charge is 0.496 e. The average Bonchev–Trinajstić information content (AvgIpc) is 3.12. The van der Waals surface area contributed by atoms with Crippen molar-refractivity contribution < 1.29 is 4.74 Å². The van der Waals surface area contributed by atoms with Crippen LogP contribution in [0.3, 0.4) is 0 Å². The number of benzene rings is 1. The van der Waals surface area contributed by atoms with E-state index in [2.05, 4.69) is 48.0 Å². The highest BCUT2D eigenvalue weighted by atomic mass is 35.5. The molecule has 0 spiro atoms. The highest BCUT2D eigenvalue weighted by Gasteiger charge is 2.26. The molecule has 0 radical (unpaired) electrons. The van der Waals surface area contributed by atoms with Crippen LogP contribution in [0.1, 0.15) is 54.0 Å². The second-order valence-electron chi connectivity index (χ2n) is 6.37. The molecule has 0 aliphatic heterocycles. The number of thiophene rings is 1. The van der Waals surface area contributed by atoms with Crippen LogP contribution in [0.4, 0.5) is 0 Å². The van der Waals surface area contributed by atoms with Gasteiger partial charge in [0.1, 0.15) is 5.75 Å². The van der Waals surface area contributed by atoms with E-state index >= 15 is 0 Å². The molecule has 0 saturated carbocycles. The summed E-state index contributed by atoms with van der Waals surface area (Å²) in [4.78, 5) is 1.51. The van der Waals surface area contributed by atoms with E-state index in [0.717, 1.165) is 25.3 Å². The number of ether oxygens (including phenoxy) is 1. The first-order valence-electron chi connectivity index (χ1n) is 8.73. The van der Waals surface area contributed by atoms with Crippen molar-refractivity contribution in [2.45, 2.75) is 44.4 Å². The molecule has 3 rings (SSSR count). The first-order valence-corrected chi connectivity index (χ1v) is 9.61. The molecule has 1 heterocycles. The molecule has 0 fully saturated rings. The molecule has 1 aromatic heterocycles. The summed E-state index contributed by atoms with van der Waals surface area (Å²) in [7, 11) is 1.79. The standard InChI is InChI=1S/C20H27NOS.ClH/c1-3-21-14-16(20-11-6-12-23-20)13-15-7-4-9-18-17(15)8-5-10-19(18)22-2;/h5-6,8,10-12,15-16,21H,3-4,7,9,13-14H2,1-2H3;1H. The summed E-state index contributed by atoms with van der Waals surface area (Å²) in [5, 5.41) is 5.76. The van der Waals surface area contributed by atoms with Gasteiger partial charge in [-0.15, -0.1) is 23.7 Å². The highest BCUT2D eigenvalue weighted by molar-refractivity contribution is 7.10. The van der Waals surface area contributed by atoms with Crippen LogP contribution >= 0.6 is 23.7 Å². The summed E-state index contributed by atoms with van der Waals surface area (Å²) >= 11 is 1.89. The zero-order valence-corrected chi connectivity index (χ0v) is 16.2. The minimum atomic E-state index is 0. The number of rotatable bonds is 7. The Morgan fingerprint density at radius 3 is 2.88 bits per heavy atom. The maximum absolute atomic E-state index is 5.59. The van der Waals surface area contributed by atoms with Crippen LogP contribution < -0.4 is 10.1 Å². The molecular formula is C20H28ClNOS. The fourth-order valence-corrected chi connectivity index (χ4v) is 4.68. The highest BCUT2D eigenvalue weighted by Crippen LogP contribution is 2.41. The van der Waals surface area contributed by atoms with Gasteiger partial charge in [-0.05, 0) is 66.8 Å². The molecule has 4 heteroatoms. The van der Waals surface area contributed by atoms with E-state index in [9.17, 15) is 0 Å². The van der Waals surface area contributed by atoms with E-state index in [-0.39, 0.29) is 12.4 Å². The van der Waals surface area contributed by atoms with Crippen molar-refractivity contribution in [3.8, 4) is 5.75 Å². The van der Waals surface area contributed by atoms with E-state index in [4.69, 9.17) is 4.74 Å². The van der Waals surface area contributed by atoms with Gasteiger partial charge in [0.05, 0.1) is 7.11 Å². The lowest BCUT2D eigenvalue weighted by Gasteiger charge is -2.30. The van der Waals surface area contributed by atoms with Gasteiger partial charge < -0.3 is 10.1 Å². The van der Waals surface area contributed by atoms with Crippen molar-refractivity contribution in [3.05, 3.63) is 51.7 Å². The van der Waals surface area contributed by atoms with Gasteiger partial charge in [-0.2, -0.15) is 0 Å². The minimum absolute atomic E-state index is 0. The van der Waals surface area contributed by atoms with Gasteiger partial charge in [-0.1, -0.05) is 25.1 Å². The number of halogens is 1. The number of methoxy groups -OCH3 is 1. The lowest BCUT2D eigenvalue weighted by atomic mass is 9.77. The Labute approximate surface area is 156 Å². The van der Waals surface area contributed by atoms with E-state index in [1.54, 1.807) is 7.11 Å². The Bertz CT molecular complexity index is 614. The van der Waals surface area contributed by atoms with Crippen LogP contribution in [0.2, 0.25) is 0 Å². The molecule has 2 aromatic rings. The van der Waals surface area contributed by atoms with Crippen LogP contribution in [-0.4, -0.2) is 20.2 Å². The summed E-state index contributed by atoms with van der Waals surface area (Å²) < 4.78 is 5.59. The zero-order chi connectivity index (χ0) is 16.1. The van der Waals surface area contributed by atoms with Gasteiger partial charge in [0.2, 0.25) is 0 Å². The normalized spacial score (nSPS) is 17.7. The predicted molar refractivity (Wildman–Crippen MR) is 106 cm³/mol. The number of hydrogen-bond donors (Lipinski definition) is 1. The van der Waals surface area contributed by atoms with Crippen molar-refractivity contribution in [2.75, 3.05) is 20.2 Å². The quantitative estimate of drug-likeness (QED) is 0.711. The Balaban J connectivity index is 0.00000208. The molecular weight excluding hydrogens is 338 g/mol. The van der Waals surface area contributed by atoms with Crippen LogP contribution in [0.25, 0.3) is 0 Å². The van der Waals surface area contributed by atoms with Gasteiger partial charge in [-0.25, -0.2) is 0 Å². The van der Waals surface area contributed by atoms with Crippen LogP contribution in [0.5, 0.6) is 5.75 Å². The number of hydrogen-bond acceptors (Lipinski definition) is 3. The molecule has 24 heavy (non-hydrogen) atoms. The monoisotopic (exact) mass is 365 g/mol. The first-order chi connectivity index (χ1) is 11.3. The Morgan fingerprint density at radius 1 is 1.29 bits per heavy atom. The molecule has 2 nitrogen and oxygen atoms in total. The Morgan fingerprint density at radius 2 is 2.17 bits per heavy atom. The van der Waals surface area contributed by atoms with Gasteiger partial charge in [0.15, 0.2) is 0 Å². The van der Waals surface area contributed by atoms with Gasteiger partial charge >= 0.3 is 0 Å². The zero-order valence-electron chi connectivity index (χ0n) is 14.6. The topological polar surface area (TPSA) is 21.3 Å². The first kappa shape index (κ1) is 19.3. The van der Waals surface area contributed by atoms with Gasteiger partial charge in [0.25, 0.3) is 0 Å². The number of fused-ring (bicyclic) bond motifs is 1. The molecule has 1 aliphatic rings. The van der Waals surface area contributed by atoms with Crippen LogP contribution in [-0.2, 0) is 6.42 Å². The Hall–Kier alpha value is -1.03. The van der Waals surface area contributed by atoms with Gasteiger partial charge in [0, 0.05) is 17.3 Å². The minimum Gasteiger partial charge on any atom is -0.496 e. The second kappa shape index (κ2) is 9.45. The summed E-state index contributed by atoms with van der Waals surface area (Å²) in [6, 6.07) is 11.1. The van der Waals surface area contributed by atoms with E-state index in [1.807, 2.05) is 11.3 Å². The second-order valence-corrected chi connectivity index (χ2v) is 7.35. The average molecular weight is 366 g/mol. The van der Waals surface area contributed by atoms with Crippen molar-refractivity contribution in [3.63, 3.8) is 0 Å². The maximum Gasteiger partial charge on any atom is 0.122 e. The smallest absolute Gasteiger partial charge is 0.122 e. The summed E-state index contributed by atoms with van der Waals surface area (Å²) in [6.07, 6.45) is 4.96. The molecule has 1 aromatic carbocycles. The van der Waals surface area contributed by atoms with E-state index in [0.29, 0.717) is 11.8 Å². The number of nitrogens with one attached hydrogen (secondary N) is 1. The van der Waals surface area contributed by atoms with Crippen molar-refractivity contribution in [1.29, 1.82) is 0 Å². The molecule has 1 aliphatic carbocycles. The molecule has 2 atom stereocenters. The van der Waals surface area contributed by atoms with Gasteiger partial charge in [-0.3, -0.25) is 0 Å². The third kappa shape index (κ3) is 4.33. The fraction of sp³-hybridized carbons (Fsp3) is 0.500. The lowest BCUT2D eigenvalue weighted by molar-refractivity contribution is 0.397. The summed E-state index contributed by atoms with van der Waals surface area (Å²) in [5.74, 6) is 2.34. The number of likely N-dealkylation sites (N-methyl/N-ethyl adjacent to an activating group) is 1. The van der Waals surface area contributed by atoms with Crippen molar-refractivity contribution >= 4 is 23.7 Å². The van der Waals surface area contributed by atoms with Crippen molar-refractivity contribution in [2.24, 2.45) is 0 Å². The third-order valence-electron chi connectivity index (χ3n) is 4.96. The summed E-state index contributed by atoms with van der Waals surface area (Å²) in [6.45, 7) is 4.30. The summed E-state index contributed by atoms with van der Waals surface area (Å²) in [5.41, 5.74) is 2.97. The predicted octanol–water partition coefficient (Wildman–Crippen LogP) is 5.38. The van der Waals surface area contributed by atoms with Crippen LogP contribution in [0.15, 0.2) is 35.7 Å². The molecule has 0 bridgehead atoms.